The summed E-state index contributed by atoms with van der Waals surface area (Å²) < 4.78 is 36.5. The minimum atomic E-state index is -5.08. The van der Waals surface area contributed by atoms with Gasteiger partial charge < -0.3 is 19.7 Å². The van der Waals surface area contributed by atoms with Crippen molar-refractivity contribution in [3.8, 4) is 0 Å². The lowest BCUT2D eigenvalue weighted by atomic mass is 9.95. The molecule has 0 bridgehead atoms. The van der Waals surface area contributed by atoms with Crippen LogP contribution in [0.15, 0.2) is 12.5 Å². The molecule has 12 nitrogen and oxygen atoms in total. The maximum absolute atomic E-state index is 12.2. The number of carboxylic acids is 1. The number of methoxy groups -OCH3 is 1. The number of rotatable bonds is 16. The highest BCUT2D eigenvalue weighted by atomic mass is 19.4. The summed E-state index contributed by atoms with van der Waals surface area (Å²) in [6.45, 7) is 0.0373. The number of esters is 1. The van der Waals surface area contributed by atoms with Gasteiger partial charge in [-0.1, -0.05) is 6.42 Å². The molecule has 0 aliphatic heterocycles. The quantitative estimate of drug-likeness (QED) is 0.145. The first kappa shape index (κ1) is 31.5. The van der Waals surface area contributed by atoms with E-state index >= 15 is 0 Å². The van der Waals surface area contributed by atoms with Gasteiger partial charge in [-0.2, -0.15) is 13.2 Å². The van der Waals surface area contributed by atoms with Crippen molar-refractivity contribution in [3.63, 3.8) is 0 Å². The van der Waals surface area contributed by atoms with E-state index in [4.69, 9.17) is 14.6 Å². The summed E-state index contributed by atoms with van der Waals surface area (Å²) in [5, 5.41) is 16.3. The molecule has 1 aromatic rings. The van der Waals surface area contributed by atoms with Crippen molar-refractivity contribution in [1.82, 2.24) is 9.97 Å². The molecule has 0 aliphatic carbocycles. The van der Waals surface area contributed by atoms with E-state index in [1.807, 2.05) is 0 Å². The first-order valence-electron chi connectivity index (χ1n) is 10.5. The second-order valence-electron chi connectivity index (χ2n) is 7.31. The fraction of sp³-hybridized carbons (Fsp3) is 0.650. The number of hydrogen-bond donors (Lipinski definition) is 2. The Morgan fingerprint density at radius 2 is 1.71 bits per heavy atom. The number of aromatic amines is 1. The number of unbranched alkanes of at least 4 members (excludes halogenated alkanes) is 2. The molecule has 2 N–H and O–H groups in total. The second kappa shape index (κ2) is 17.0. The number of aliphatic carboxylic acids is 1. The Morgan fingerprint density at radius 1 is 1.11 bits per heavy atom. The van der Waals surface area contributed by atoms with Gasteiger partial charge >= 0.3 is 18.1 Å². The molecular formula is C20H28F3N3O9. The second-order valence-corrected chi connectivity index (χ2v) is 7.31. The van der Waals surface area contributed by atoms with Gasteiger partial charge in [-0.3, -0.25) is 14.4 Å². The highest BCUT2D eigenvalue weighted by molar-refractivity contribution is 5.85. The predicted molar refractivity (Wildman–Crippen MR) is 111 cm³/mol. The number of imidazole rings is 1. The minimum absolute atomic E-state index is 0.0373. The number of Topliss-reactive ketones (excluding diaryl/α,β-unsaturated/α-hetero) is 2. The summed E-state index contributed by atoms with van der Waals surface area (Å²) in [7, 11) is 1.29. The average molecular weight is 511 g/mol. The molecule has 1 atom stereocenters. The Hall–Kier alpha value is -3.52. The number of aromatic nitrogens is 2. The number of ketones is 2. The number of halogens is 3. The lowest BCUT2D eigenvalue weighted by Crippen LogP contribution is -2.22. The minimum Gasteiger partial charge on any atom is -0.475 e. The van der Waals surface area contributed by atoms with Gasteiger partial charge in [0.1, 0.15) is 11.6 Å². The summed E-state index contributed by atoms with van der Waals surface area (Å²) in [5.41, 5.74) is 0.752. The van der Waals surface area contributed by atoms with Crippen LogP contribution in [-0.2, 0) is 35.2 Å². The number of ether oxygens (including phenoxy) is 1. The van der Waals surface area contributed by atoms with Crippen molar-refractivity contribution in [2.24, 2.45) is 5.92 Å². The summed E-state index contributed by atoms with van der Waals surface area (Å²) in [6.07, 6.45) is 1.65. The number of H-pyrrole nitrogens is 1. The van der Waals surface area contributed by atoms with Crippen molar-refractivity contribution in [2.45, 2.75) is 64.0 Å². The van der Waals surface area contributed by atoms with E-state index in [1.54, 1.807) is 6.20 Å². The lowest BCUT2D eigenvalue weighted by molar-refractivity contribution is -0.757. The zero-order valence-electron chi connectivity index (χ0n) is 19.0. The Kier molecular flexibility index (Phi) is 15.3. The average Bonchev–Trinajstić information content (AvgIpc) is 3.28. The zero-order chi connectivity index (χ0) is 26.9. The number of hydrogen-bond acceptors (Lipinski definition) is 9. The van der Waals surface area contributed by atoms with Gasteiger partial charge in [0, 0.05) is 44.0 Å². The van der Waals surface area contributed by atoms with Crippen LogP contribution in [0.5, 0.6) is 0 Å². The summed E-state index contributed by atoms with van der Waals surface area (Å²) in [6, 6.07) is 0. The fourth-order valence-electron chi connectivity index (χ4n) is 2.79. The first-order chi connectivity index (χ1) is 16.4. The lowest BCUT2D eigenvalue weighted by Gasteiger charge is -2.12. The van der Waals surface area contributed by atoms with E-state index in [2.05, 4.69) is 14.8 Å². The molecule has 15 heteroatoms. The summed E-state index contributed by atoms with van der Waals surface area (Å²) in [5.74, 6) is -3.80. The van der Waals surface area contributed by atoms with Crippen LogP contribution in [0.25, 0.3) is 0 Å². The fourth-order valence-corrected chi connectivity index (χ4v) is 2.79. The van der Waals surface area contributed by atoms with Crippen LogP contribution in [0, 0.1) is 16.0 Å². The monoisotopic (exact) mass is 511 g/mol. The van der Waals surface area contributed by atoms with Gasteiger partial charge in [0.15, 0.2) is 0 Å². The molecule has 0 saturated carbocycles. The number of carboxylic acid groups (broad SMARTS) is 1. The van der Waals surface area contributed by atoms with E-state index in [9.17, 15) is 37.7 Å². The molecular weight excluding hydrogens is 483 g/mol. The molecule has 0 aromatic carbocycles. The number of carbonyl (C=O) groups is 4. The largest absolute Gasteiger partial charge is 0.490 e. The van der Waals surface area contributed by atoms with Crippen molar-refractivity contribution < 1.29 is 52.1 Å². The van der Waals surface area contributed by atoms with Crippen LogP contribution >= 0.6 is 0 Å². The van der Waals surface area contributed by atoms with Crippen LogP contribution in [0.2, 0.25) is 0 Å². The Balaban J connectivity index is 0.00000143. The molecule has 1 unspecified atom stereocenters. The molecule has 1 rings (SSSR count). The highest BCUT2D eigenvalue weighted by Gasteiger charge is 2.38. The standard InChI is InChI=1S/C18H27N3O7.C2HF3O2/c1-27-18(24)14(10-15-12-19-13-20-15)11-17(23)8-5-7-16(22)6-3-2-4-9-28-21(25)26;3-2(4,5)1(6)7/h12-14H,2-11H2,1H3,(H,19,20);(H,6,7). The van der Waals surface area contributed by atoms with E-state index in [0.717, 1.165) is 5.69 Å². The van der Waals surface area contributed by atoms with Gasteiger partial charge in [0.25, 0.3) is 5.09 Å². The maximum atomic E-state index is 12.2. The third-order valence-corrected chi connectivity index (χ3v) is 4.48. The number of alkyl halides is 3. The van der Waals surface area contributed by atoms with Crippen molar-refractivity contribution in [2.75, 3.05) is 13.7 Å². The number of nitrogens with one attached hydrogen (secondary N) is 1. The molecule has 0 spiro atoms. The molecule has 0 amide bonds. The Morgan fingerprint density at radius 3 is 2.23 bits per heavy atom. The number of nitrogens with zero attached hydrogens (tertiary/aromatic N) is 2. The molecule has 1 heterocycles. The molecule has 1 aromatic heterocycles. The normalized spacial score (nSPS) is 11.5. The Bertz CT molecular complexity index is 815. The third kappa shape index (κ3) is 16.7. The molecule has 198 valence electrons. The maximum Gasteiger partial charge on any atom is 0.490 e. The molecule has 0 radical (unpaired) electrons. The first-order valence-corrected chi connectivity index (χ1v) is 10.5. The third-order valence-electron chi connectivity index (χ3n) is 4.48. The molecule has 35 heavy (non-hydrogen) atoms. The SMILES string of the molecule is COC(=O)C(CC(=O)CCCC(=O)CCCCCO[N+](=O)[O-])Cc1cnc[nH]1.O=C(O)C(F)(F)F. The van der Waals surface area contributed by atoms with Crippen LogP contribution < -0.4 is 0 Å². The molecule has 0 fully saturated rings. The molecule has 0 aliphatic rings. The zero-order valence-corrected chi connectivity index (χ0v) is 19.0. The van der Waals surface area contributed by atoms with Crippen LogP contribution in [-0.4, -0.2) is 63.6 Å². The summed E-state index contributed by atoms with van der Waals surface area (Å²) >= 11 is 0. The van der Waals surface area contributed by atoms with Crippen molar-refractivity contribution in [3.05, 3.63) is 28.3 Å². The van der Waals surface area contributed by atoms with Gasteiger partial charge in [-0.15, -0.1) is 10.1 Å². The van der Waals surface area contributed by atoms with Crippen LogP contribution in [0.4, 0.5) is 13.2 Å². The van der Waals surface area contributed by atoms with Crippen LogP contribution in [0.3, 0.4) is 0 Å². The Labute approximate surface area is 198 Å². The molecule has 0 saturated heterocycles. The predicted octanol–water partition coefficient (Wildman–Crippen LogP) is 2.84. The number of carbonyl (C=O) groups excluding carboxylic acids is 3. The smallest absolute Gasteiger partial charge is 0.475 e. The van der Waals surface area contributed by atoms with Gasteiger partial charge in [-0.05, 0) is 19.3 Å². The van der Waals surface area contributed by atoms with E-state index in [1.165, 1.54) is 13.4 Å². The van der Waals surface area contributed by atoms with E-state index < -0.39 is 29.1 Å². The van der Waals surface area contributed by atoms with Gasteiger partial charge in [0.2, 0.25) is 0 Å². The van der Waals surface area contributed by atoms with Gasteiger partial charge in [-0.25, -0.2) is 9.78 Å². The topological polar surface area (TPSA) is 179 Å². The van der Waals surface area contributed by atoms with Gasteiger partial charge in [0.05, 0.1) is 26.0 Å². The van der Waals surface area contributed by atoms with E-state index in [0.29, 0.717) is 44.9 Å². The van der Waals surface area contributed by atoms with Crippen LogP contribution in [0.1, 0.15) is 57.1 Å². The van der Waals surface area contributed by atoms with E-state index in [-0.39, 0.29) is 31.0 Å². The van der Waals surface area contributed by atoms with Crippen molar-refractivity contribution in [1.29, 1.82) is 0 Å². The highest BCUT2D eigenvalue weighted by Crippen LogP contribution is 2.16. The van der Waals surface area contributed by atoms with Crippen molar-refractivity contribution >= 4 is 23.5 Å². The summed E-state index contributed by atoms with van der Waals surface area (Å²) in [4.78, 5) is 65.7.